The van der Waals surface area contributed by atoms with E-state index in [4.69, 9.17) is 9.47 Å². The van der Waals surface area contributed by atoms with Gasteiger partial charge >= 0.3 is 7.12 Å². The largest absolute Gasteiger partial charge is 0.488 e. The molecule has 2 unspecified atom stereocenters. The van der Waals surface area contributed by atoms with E-state index in [2.05, 4.69) is 0 Å². The third-order valence-corrected chi connectivity index (χ3v) is 3.98. The van der Waals surface area contributed by atoms with Crippen LogP contribution in [0.1, 0.15) is 42.9 Å². The summed E-state index contributed by atoms with van der Waals surface area (Å²) in [5.41, 5.74) is 2.71. The Morgan fingerprint density at radius 3 is 2.84 bits per heavy atom. The molecule has 2 N–H and O–H groups in total. The van der Waals surface area contributed by atoms with Gasteiger partial charge in [-0.3, -0.25) is 0 Å². The fourth-order valence-electron chi connectivity index (χ4n) is 3.03. The van der Waals surface area contributed by atoms with Crippen molar-refractivity contribution in [2.24, 2.45) is 0 Å². The monoisotopic (exact) mass is 262 g/mol. The second-order valence-electron chi connectivity index (χ2n) is 5.25. The SMILES string of the molecule is OB(O)c1cccc2c1CCC2OC1CCCCO1. The summed E-state index contributed by atoms with van der Waals surface area (Å²) in [6.07, 6.45) is 4.86. The molecular weight excluding hydrogens is 243 g/mol. The van der Waals surface area contributed by atoms with E-state index in [0.717, 1.165) is 49.8 Å². The molecule has 0 amide bonds. The van der Waals surface area contributed by atoms with Crippen LogP contribution < -0.4 is 5.46 Å². The second kappa shape index (κ2) is 5.63. The average Bonchev–Trinajstić information content (AvgIpc) is 2.83. The highest BCUT2D eigenvalue weighted by Gasteiger charge is 2.30. The van der Waals surface area contributed by atoms with Gasteiger partial charge in [0.2, 0.25) is 0 Å². The Balaban J connectivity index is 1.76. The molecule has 19 heavy (non-hydrogen) atoms. The minimum absolute atomic E-state index is 0.0248. The van der Waals surface area contributed by atoms with Gasteiger partial charge in [0.15, 0.2) is 6.29 Å². The van der Waals surface area contributed by atoms with Gasteiger partial charge in [-0.25, -0.2) is 0 Å². The van der Waals surface area contributed by atoms with E-state index in [-0.39, 0.29) is 12.4 Å². The molecule has 2 aliphatic rings. The highest BCUT2D eigenvalue weighted by molar-refractivity contribution is 6.59. The summed E-state index contributed by atoms with van der Waals surface area (Å²) >= 11 is 0. The molecular formula is C14H19BO4. The predicted molar refractivity (Wildman–Crippen MR) is 72.0 cm³/mol. The molecule has 102 valence electrons. The molecule has 1 heterocycles. The number of ether oxygens (including phenoxy) is 2. The normalized spacial score (nSPS) is 26.2. The van der Waals surface area contributed by atoms with Crippen LogP contribution in [0, 0.1) is 0 Å². The molecule has 3 rings (SSSR count). The van der Waals surface area contributed by atoms with Crippen LogP contribution in [0.4, 0.5) is 0 Å². The van der Waals surface area contributed by atoms with Gasteiger partial charge in [-0.05, 0) is 48.7 Å². The third-order valence-electron chi connectivity index (χ3n) is 3.98. The fourth-order valence-corrected chi connectivity index (χ4v) is 3.03. The van der Waals surface area contributed by atoms with Crippen LogP contribution in [-0.4, -0.2) is 30.1 Å². The van der Waals surface area contributed by atoms with Crippen molar-refractivity contribution < 1.29 is 19.5 Å². The van der Waals surface area contributed by atoms with E-state index in [1.807, 2.05) is 12.1 Å². The molecule has 2 atom stereocenters. The molecule has 1 aromatic rings. The van der Waals surface area contributed by atoms with Crippen molar-refractivity contribution in [3.05, 3.63) is 29.3 Å². The Kier molecular flexibility index (Phi) is 3.89. The first-order chi connectivity index (χ1) is 9.25. The van der Waals surface area contributed by atoms with Crippen LogP contribution in [0.15, 0.2) is 18.2 Å². The first kappa shape index (κ1) is 13.1. The van der Waals surface area contributed by atoms with Crippen molar-refractivity contribution in [2.75, 3.05) is 6.61 Å². The zero-order valence-electron chi connectivity index (χ0n) is 10.9. The molecule has 0 bridgehead atoms. The lowest BCUT2D eigenvalue weighted by atomic mass is 9.76. The Labute approximate surface area is 113 Å². The number of rotatable bonds is 3. The first-order valence-electron chi connectivity index (χ1n) is 7.00. The number of hydrogen-bond acceptors (Lipinski definition) is 4. The lowest BCUT2D eigenvalue weighted by Gasteiger charge is -2.26. The van der Waals surface area contributed by atoms with E-state index in [1.165, 1.54) is 0 Å². The molecule has 1 saturated heterocycles. The van der Waals surface area contributed by atoms with Crippen LogP contribution in [0.5, 0.6) is 0 Å². The van der Waals surface area contributed by atoms with Crippen LogP contribution in [-0.2, 0) is 15.9 Å². The summed E-state index contributed by atoms with van der Waals surface area (Å²) < 4.78 is 11.6. The second-order valence-corrected chi connectivity index (χ2v) is 5.25. The minimum atomic E-state index is -1.40. The van der Waals surface area contributed by atoms with E-state index < -0.39 is 7.12 Å². The van der Waals surface area contributed by atoms with Gasteiger partial charge in [-0.15, -0.1) is 0 Å². The smallest absolute Gasteiger partial charge is 0.423 e. The van der Waals surface area contributed by atoms with Crippen molar-refractivity contribution in [3.63, 3.8) is 0 Å². The van der Waals surface area contributed by atoms with Crippen molar-refractivity contribution >= 4 is 12.6 Å². The summed E-state index contributed by atoms with van der Waals surface area (Å²) in [6.45, 7) is 0.777. The Hall–Kier alpha value is -0.875. The zero-order valence-corrected chi connectivity index (χ0v) is 10.9. The maximum atomic E-state index is 9.39. The quantitative estimate of drug-likeness (QED) is 0.794. The number of hydrogen-bond donors (Lipinski definition) is 2. The lowest BCUT2D eigenvalue weighted by molar-refractivity contribution is -0.189. The van der Waals surface area contributed by atoms with Gasteiger partial charge in [0.25, 0.3) is 0 Å². The Morgan fingerprint density at radius 2 is 2.11 bits per heavy atom. The van der Waals surface area contributed by atoms with Gasteiger partial charge in [-0.2, -0.15) is 0 Å². The van der Waals surface area contributed by atoms with Crippen LogP contribution in [0.3, 0.4) is 0 Å². The molecule has 1 aliphatic carbocycles. The summed E-state index contributed by atoms with van der Waals surface area (Å²) in [5.74, 6) is 0. The minimum Gasteiger partial charge on any atom is -0.423 e. The fraction of sp³-hybridized carbons (Fsp3) is 0.571. The molecule has 1 aromatic carbocycles. The third kappa shape index (κ3) is 2.70. The van der Waals surface area contributed by atoms with Gasteiger partial charge < -0.3 is 19.5 Å². The summed E-state index contributed by atoms with van der Waals surface area (Å²) in [6, 6.07) is 5.64. The summed E-state index contributed by atoms with van der Waals surface area (Å²) in [5, 5.41) is 18.8. The van der Waals surface area contributed by atoms with Crippen molar-refractivity contribution in [1.82, 2.24) is 0 Å². The zero-order chi connectivity index (χ0) is 13.2. The van der Waals surface area contributed by atoms with E-state index in [1.54, 1.807) is 6.07 Å². The maximum Gasteiger partial charge on any atom is 0.488 e. The van der Waals surface area contributed by atoms with E-state index in [0.29, 0.717) is 5.46 Å². The summed E-state index contributed by atoms with van der Waals surface area (Å²) in [7, 11) is -1.40. The van der Waals surface area contributed by atoms with Crippen LogP contribution in [0.2, 0.25) is 0 Å². The van der Waals surface area contributed by atoms with E-state index in [9.17, 15) is 10.0 Å². The van der Waals surface area contributed by atoms with Crippen LogP contribution >= 0.6 is 0 Å². The Bertz CT molecular complexity index is 443. The van der Waals surface area contributed by atoms with Gasteiger partial charge in [-0.1, -0.05) is 18.2 Å². The molecule has 1 fully saturated rings. The van der Waals surface area contributed by atoms with Crippen molar-refractivity contribution in [2.45, 2.75) is 44.5 Å². The molecule has 4 nitrogen and oxygen atoms in total. The topological polar surface area (TPSA) is 58.9 Å². The Morgan fingerprint density at radius 1 is 1.21 bits per heavy atom. The van der Waals surface area contributed by atoms with Gasteiger partial charge in [0.1, 0.15) is 0 Å². The van der Waals surface area contributed by atoms with E-state index >= 15 is 0 Å². The molecule has 0 aromatic heterocycles. The van der Waals surface area contributed by atoms with Crippen molar-refractivity contribution in [3.8, 4) is 0 Å². The lowest BCUT2D eigenvalue weighted by Crippen LogP contribution is -2.33. The number of benzene rings is 1. The molecule has 5 heteroatoms. The van der Waals surface area contributed by atoms with Crippen LogP contribution in [0.25, 0.3) is 0 Å². The highest BCUT2D eigenvalue weighted by Crippen LogP contribution is 2.35. The molecule has 0 spiro atoms. The number of fused-ring (bicyclic) bond motifs is 1. The highest BCUT2D eigenvalue weighted by atomic mass is 16.7. The molecule has 0 radical (unpaired) electrons. The van der Waals surface area contributed by atoms with Crippen molar-refractivity contribution in [1.29, 1.82) is 0 Å². The predicted octanol–water partition coefficient (Wildman–Crippen LogP) is 0.897. The molecule has 1 aliphatic heterocycles. The molecule has 0 saturated carbocycles. The summed E-state index contributed by atoms with van der Waals surface area (Å²) in [4.78, 5) is 0. The maximum absolute atomic E-state index is 9.39. The van der Waals surface area contributed by atoms with Gasteiger partial charge in [0, 0.05) is 6.61 Å². The van der Waals surface area contributed by atoms with Gasteiger partial charge in [0.05, 0.1) is 6.10 Å². The first-order valence-corrected chi connectivity index (χ1v) is 7.00. The average molecular weight is 262 g/mol. The standard InChI is InChI=1S/C14H19BO4/c16-15(17)12-5-3-4-11-10(12)7-8-13(11)19-14-6-1-2-9-18-14/h3-5,13-14,16-17H,1-2,6-9H2.